The van der Waals surface area contributed by atoms with Crippen molar-refractivity contribution in [3.63, 3.8) is 0 Å². The van der Waals surface area contributed by atoms with Gasteiger partial charge >= 0.3 is 0 Å². The van der Waals surface area contributed by atoms with Crippen LogP contribution in [0.15, 0.2) is 42.6 Å². The number of non-ortho nitro benzene ring substituents is 1. The second-order valence-electron chi connectivity index (χ2n) is 3.87. The predicted molar refractivity (Wildman–Crippen MR) is 63.4 cm³/mol. The zero-order valence-corrected chi connectivity index (χ0v) is 9.01. The third-order valence-corrected chi connectivity index (χ3v) is 2.40. The van der Waals surface area contributed by atoms with E-state index in [0.29, 0.717) is 12.1 Å². The third-order valence-electron chi connectivity index (χ3n) is 2.40. The SMILES string of the molecule is C=C(C)Cn1ccc2cccc([N+](=O)[O-])c21. The Morgan fingerprint density at radius 1 is 1.50 bits per heavy atom. The molecule has 0 saturated heterocycles. The summed E-state index contributed by atoms with van der Waals surface area (Å²) >= 11 is 0. The highest BCUT2D eigenvalue weighted by atomic mass is 16.6. The second-order valence-corrected chi connectivity index (χ2v) is 3.87. The number of nitrogens with zero attached hydrogens (tertiary/aromatic N) is 2. The van der Waals surface area contributed by atoms with E-state index in [2.05, 4.69) is 6.58 Å². The Morgan fingerprint density at radius 3 is 2.88 bits per heavy atom. The highest BCUT2D eigenvalue weighted by Crippen LogP contribution is 2.26. The first-order chi connectivity index (χ1) is 7.59. The van der Waals surface area contributed by atoms with Crippen molar-refractivity contribution < 1.29 is 4.92 Å². The Kier molecular flexibility index (Phi) is 2.48. The summed E-state index contributed by atoms with van der Waals surface area (Å²) in [6.45, 7) is 6.33. The molecule has 2 aromatic rings. The van der Waals surface area contributed by atoms with Crippen molar-refractivity contribution >= 4 is 16.6 Å². The van der Waals surface area contributed by atoms with Crippen LogP contribution in [0.25, 0.3) is 10.9 Å². The van der Waals surface area contributed by atoms with E-state index in [4.69, 9.17) is 0 Å². The van der Waals surface area contributed by atoms with E-state index in [1.165, 1.54) is 6.07 Å². The van der Waals surface area contributed by atoms with Gasteiger partial charge in [-0.05, 0) is 13.0 Å². The maximum atomic E-state index is 10.9. The van der Waals surface area contributed by atoms with Gasteiger partial charge < -0.3 is 4.57 Å². The average molecular weight is 216 g/mol. The lowest BCUT2D eigenvalue weighted by Crippen LogP contribution is -1.99. The summed E-state index contributed by atoms with van der Waals surface area (Å²) in [5.74, 6) is 0. The molecule has 0 aliphatic heterocycles. The van der Waals surface area contributed by atoms with Crippen LogP contribution in [0.3, 0.4) is 0 Å². The van der Waals surface area contributed by atoms with Crippen LogP contribution in [0.5, 0.6) is 0 Å². The van der Waals surface area contributed by atoms with Gasteiger partial charge in [0, 0.05) is 24.2 Å². The molecule has 1 heterocycles. The van der Waals surface area contributed by atoms with E-state index in [1.54, 1.807) is 6.07 Å². The maximum absolute atomic E-state index is 10.9. The monoisotopic (exact) mass is 216 g/mol. The van der Waals surface area contributed by atoms with Gasteiger partial charge in [0.05, 0.1) is 4.92 Å². The van der Waals surface area contributed by atoms with E-state index < -0.39 is 0 Å². The van der Waals surface area contributed by atoms with Crippen LogP contribution in [-0.4, -0.2) is 9.49 Å². The van der Waals surface area contributed by atoms with Crippen molar-refractivity contribution in [3.8, 4) is 0 Å². The lowest BCUT2D eigenvalue weighted by atomic mass is 10.2. The quantitative estimate of drug-likeness (QED) is 0.449. The van der Waals surface area contributed by atoms with Crippen LogP contribution in [0.4, 0.5) is 5.69 Å². The number of hydrogen-bond donors (Lipinski definition) is 0. The molecule has 16 heavy (non-hydrogen) atoms. The molecule has 0 radical (unpaired) electrons. The molecule has 4 heteroatoms. The number of hydrogen-bond acceptors (Lipinski definition) is 2. The number of rotatable bonds is 3. The fourth-order valence-electron chi connectivity index (χ4n) is 1.81. The van der Waals surface area contributed by atoms with E-state index in [0.717, 1.165) is 11.0 Å². The predicted octanol–water partition coefficient (Wildman–Crippen LogP) is 3.13. The van der Waals surface area contributed by atoms with Gasteiger partial charge in [-0.1, -0.05) is 24.3 Å². The van der Waals surface area contributed by atoms with Crippen molar-refractivity contribution in [2.24, 2.45) is 0 Å². The minimum Gasteiger partial charge on any atom is -0.338 e. The molecule has 0 spiro atoms. The largest absolute Gasteiger partial charge is 0.338 e. The molecule has 0 N–H and O–H groups in total. The molecule has 0 fully saturated rings. The number of para-hydroxylation sites is 1. The number of nitro benzene ring substituents is 1. The lowest BCUT2D eigenvalue weighted by Gasteiger charge is -2.04. The summed E-state index contributed by atoms with van der Waals surface area (Å²) in [5.41, 5.74) is 1.77. The van der Waals surface area contributed by atoms with E-state index in [1.807, 2.05) is 29.8 Å². The van der Waals surface area contributed by atoms with Crippen LogP contribution >= 0.6 is 0 Å². The van der Waals surface area contributed by atoms with E-state index >= 15 is 0 Å². The van der Waals surface area contributed by atoms with Crippen molar-refractivity contribution in [1.29, 1.82) is 0 Å². The molecule has 1 aromatic carbocycles. The Bertz CT molecular complexity index is 569. The Balaban J connectivity index is 2.67. The first-order valence-electron chi connectivity index (χ1n) is 4.96. The molecule has 0 unspecified atom stereocenters. The topological polar surface area (TPSA) is 48.1 Å². The van der Waals surface area contributed by atoms with Crippen molar-refractivity contribution in [1.82, 2.24) is 4.57 Å². The Hall–Kier alpha value is -2.10. The fraction of sp³-hybridized carbons (Fsp3) is 0.167. The molecular formula is C12H12N2O2. The Labute approximate surface area is 93.0 Å². The van der Waals surface area contributed by atoms with E-state index in [9.17, 15) is 10.1 Å². The molecule has 0 bridgehead atoms. The normalized spacial score (nSPS) is 10.6. The number of fused-ring (bicyclic) bond motifs is 1. The van der Waals surface area contributed by atoms with Gasteiger partial charge in [-0.25, -0.2) is 0 Å². The molecule has 1 aromatic heterocycles. The highest BCUT2D eigenvalue weighted by Gasteiger charge is 2.14. The molecule has 2 rings (SSSR count). The first kappa shape index (κ1) is 10.4. The van der Waals surface area contributed by atoms with Crippen LogP contribution in [0.1, 0.15) is 6.92 Å². The third kappa shape index (κ3) is 1.69. The number of aromatic nitrogens is 1. The molecule has 0 aliphatic rings. The summed E-state index contributed by atoms with van der Waals surface area (Å²) in [7, 11) is 0. The number of nitro groups is 1. The Morgan fingerprint density at radius 2 is 2.25 bits per heavy atom. The minimum absolute atomic E-state index is 0.142. The van der Waals surface area contributed by atoms with Gasteiger partial charge in [0.25, 0.3) is 5.69 Å². The zero-order valence-electron chi connectivity index (χ0n) is 9.01. The van der Waals surface area contributed by atoms with Crippen LogP contribution in [0, 0.1) is 10.1 Å². The molecule has 4 nitrogen and oxygen atoms in total. The maximum Gasteiger partial charge on any atom is 0.293 e. The van der Waals surface area contributed by atoms with Crippen molar-refractivity contribution in [2.45, 2.75) is 13.5 Å². The average Bonchev–Trinajstić information content (AvgIpc) is 2.60. The molecular weight excluding hydrogens is 204 g/mol. The summed E-state index contributed by atoms with van der Waals surface area (Å²) < 4.78 is 1.86. The molecule has 82 valence electrons. The smallest absolute Gasteiger partial charge is 0.293 e. The minimum atomic E-state index is -0.350. The summed E-state index contributed by atoms with van der Waals surface area (Å²) in [5, 5.41) is 11.8. The lowest BCUT2D eigenvalue weighted by molar-refractivity contribution is -0.383. The van der Waals surface area contributed by atoms with Gasteiger partial charge in [0.1, 0.15) is 5.52 Å². The zero-order chi connectivity index (χ0) is 11.7. The standard InChI is InChI=1S/C12H12N2O2/c1-9(2)8-13-7-6-10-4-3-5-11(12(10)13)14(15)16/h3-7H,1,8H2,2H3. The highest BCUT2D eigenvalue weighted by molar-refractivity contribution is 5.88. The van der Waals surface area contributed by atoms with Crippen LogP contribution < -0.4 is 0 Å². The van der Waals surface area contributed by atoms with Crippen molar-refractivity contribution in [3.05, 3.63) is 52.7 Å². The summed E-state index contributed by atoms with van der Waals surface area (Å²) in [6.07, 6.45) is 1.85. The van der Waals surface area contributed by atoms with Gasteiger partial charge in [-0.3, -0.25) is 10.1 Å². The van der Waals surface area contributed by atoms with Crippen LogP contribution in [-0.2, 0) is 6.54 Å². The van der Waals surface area contributed by atoms with Crippen LogP contribution in [0.2, 0.25) is 0 Å². The number of benzene rings is 1. The fourth-order valence-corrected chi connectivity index (χ4v) is 1.81. The molecule has 0 atom stereocenters. The van der Waals surface area contributed by atoms with E-state index in [-0.39, 0.29) is 10.6 Å². The van der Waals surface area contributed by atoms with Gasteiger partial charge in [0.2, 0.25) is 0 Å². The van der Waals surface area contributed by atoms with Crippen molar-refractivity contribution in [2.75, 3.05) is 0 Å². The van der Waals surface area contributed by atoms with Gasteiger partial charge in [-0.15, -0.1) is 0 Å². The van der Waals surface area contributed by atoms with Gasteiger partial charge in [0.15, 0.2) is 0 Å². The molecule has 0 amide bonds. The molecule has 0 aliphatic carbocycles. The summed E-state index contributed by atoms with van der Waals surface area (Å²) in [6, 6.07) is 6.98. The second kappa shape index (κ2) is 3.81. The summed E-state index contributed by atoms with van der Waals surface area (Å²) in [4.78, 5) is 10.6. The molecule has 0 saturated carbocycles. The van der Waals surface area contributed by atoms with Gasteiger partial charge in [-0.2, -0.15) is 0 Å². The number of allylic oxidation sites excluding steroid dienone is 1. The first-order valence-corrected chi connectivity index (χ1v) is 4.96.